The van der Waals surface area contributed by atoms with Crippen LogP contribution in [-0.4, -0.2) is 31.8 Å². The maximum atomic E-state index is 12.0. The van der Waals surface area contributed by atoms with Crippen LogP contribution in [0.4, 0.5) is 0 Å². The topological polar surface area (TPSA) is 83.6 Å². The van der Waals surface area contributed by atoms with Crippen molar-refractivity contribution in [3.05, 3.63) is 59.1 Å². The van der Waals surface area contributed by atoms with Crippen molar-refractivity contribution in [2.45, 2.75) is 11.7 Å². The van der Waals surface area contributed by atoms with Crippen molar-refractivity contribution in [1.82, 2.24) is 25.5 Å². The summed E-state index contributed by atoms with van der Waals surface area (Å²) in [6.07, 6.45) is 0. The van der Waals surface area contributed by atoms with Crippen molar-refractivity contribution in [2.24, 2.45) is 0 Å². The Kier molecular flexibility index (Phi) is 4.73. The Balaban J connectivity index is 1.40. The Morgan fingerprint density at radius 3 is 2.81 bits per heavy atom. The summed E-state index contributed by atoms with van der Waals surface area (Å²) in [5.74, 6) is 0.0907. The van der Waals surface area contributed by atoms with E-state index in [1.165, 1.54) is 11.8 Å². The third kappa shape index (κ3) is 3.49. The van der Waals surface area contributed by atoms with Crippen LogP contribution in [0.1, 0.15) is 5.56 Å². The predicted octanol–water partition coefficient (Wildman–Crippen LogP) is 3.57. The molecule has 0 saturated carbocycles. The predicted molar refractivity (Wildman–Crippen MR) is 103 cm³/mol. The fourth-order valence-corrected chi connectivity index (χ4v) is 3.40. The molecule has 6 nitrogen and oxygen atoms in total. The molecule has 2 aromatic carbocycles. The number of nitrogens with one attached hydrogen (secondary N) is 2. The number of benzene rings is 2. The van der Waals surface area contributed by atoms with E-state index in [1.54, 1.807) is 6.07 Å². The van der Waals surface area contributed by atoms with Gasteiger partial charge in [-0.15, -0.1) is 10.2 Å². The van der Waals surface area contributed by atoms with Crippen LogP contribution in [0.5, 0.6) is 0 Å². The third-order valence-corrected chi connectivity index (χ3v) is 5.08. The van der Waals surface area contributed by atoms with Gasteiger partial charge in [-0.25, -0.2) is 4.98 Å². The smallest absolute Gasteiger partial charge is 0.230 e. The van der Waals surface area contributed by atoms with Crippen LogP contribution >= 0.6 is 23.4 Å². The van der Waals surface area contributed by atoms with Crippen molar-refractivity contribution in [2.75, 3.05) is 5.75 Å². The van der Waals surface area contributed by atoms with Crippen molar-refractivity contribution in [3.63, 3.8) is 0 Å². The normalized spacial score (nSPS) is 11.1. The highest BCUT2D eigenvalue weighted by Crippen LogP contribution is 2.23. The minimum atomic E-state index is -0.115. The number of carbonyl (C=O) groups is 1. The average Bonchev–Trinajstić information content (AvgIpc) is 3.03. The summed E-state index contributed by atoms with van der Waals surface area (Å²) in [6.45, 7) is 0.388. The Morgan fingerprint density at radius 1 is 1.12 bits per heavy atom. The number of hydrogen-bond donors (Lipinski definition) is 2. The van der Waals surface area contributed by atoms with Gasteiger partial charge in [0.25, 0.3) is 0 Å². The number of H-pyrrole nitrogens is 1. The maximum Gasteiger partial charge on any atom is 0.230 e. The molecule has 4 aromatic rings. The molecular weight excluding hydrogens is 370 g/mol. The minimum Gasteiger partial charge on any atom is -0.351 e. The number of fused-ring (bicyclic) bond motifs is 3. The molecule has 26 heavy (non-hydrogen) atoms. The fraction of sp³-hybridized carbons (Fsp3) is 0.111. The zero-order chi connectivity index (χ0) is 17.9. The molecule has 0 aliphatic rings. The Morgan fingerprint density at radius 2 is 1.92 bits per heavy atom. The Bertz CT molecular complexity index is 1100. The van der Waals surface area contributed by atoms with Crippen LogP contribution in [0.25, 0.3) is 22.1 Å². The molecule has 2 heterocycles. The molecule has 0 atom stereocenters. The van der Waals surface area contributed by atoms with E-state index >= 15 is 0 Å². The van der Waals surface area contributed by atoms with Gasteiger partial charge >= 0.3 is 0 Å². The molecule has 130 valence electrons. The fourth-order valence-electron chi connectivity index (χ4n) is 2.58. The van der Waals surface area contributed by atoms with E-state index in [2.05, 4.69) is 25.5 Å². The second kappa shape index (κ2) is 7.31. The van der Waals surface area contributed by atoms with Crippen molar-refractivity contribution in [1.29, 1.82) is 0 Å². The van der Waals surface area contributed by atoms with Gasteiger partial charge in [0.05, 0.1) is 5.75 Å². The van der Waals surface area contributed by atoms with Crippen molar-refractivity contribution < 1.29 is 4.79 Å². The largest absolute Gasteiger partial charge is 0.351 e. The van der Waals surface area contributed by atoms with Crippen molar-refractivity contribution in [3.8, 4) is 0 Å². The van der Waals surface area contributed by atoms with E-state index in [9.17, 15) is 4.79 Å². The van der Waals surface area contributed by atoms with E-state index < -0.39 is 0 Å². The van der Waals surface area contributed by atoms with Crippen molar-refractivity contribution >= 4 is 51.3 Å². The van der Waals surface area contributed by atoms with Gasteiger partial charge in [-0.1, -0.05) is 59.8 Å². The summed E-state index contributed by atoms with van der Waals surface area (Å²) in [7, 11) is 0. The quantitative estimate of drug-likeness (QED) is 0.515. The zero-order valence-electron chi connectivity index (χ0n) is 13.6. The number of hydrogen-bond acceptors (Lipinski definition) is 5. The number of carbonyl (C=O) groups excluding carboxylic acids is 1. The number of nitrogens with zero attached hydrogens (tertiary/aromatic N) is 3. The molecule has 0 spiro atoms. The molecule has 0 bridgehead atoms. The molecule has 2 aromatic heterocycles. The molecule has 0 saturated heterocycles. The summed E-state index contributed by atoms with van der Waals surface area (Å²) >= 11 is 7.32. The molecular formula is C18H14ClN5OS. The molecule has 4 rings (SSSR count). The van der Waals surface area contributed by atoms with Gasteiger partial charge in [0.2, 0.25) is 11.1 Å². The van der Waals surface area contributed by atoms with Crippen LogP contribution in [0.3, 0.4) is 0 Å². The number of aromatic nitrogens is 4. The second-order valence-electron chi connectivity index (χ2n) is 5.62. The van der Waals surface area contributed by atoms with Gasteiger partial charge in [0.15, 0.2) is 5.65 Å². The molecule has 2 N–H and O–H groups in total. The van der Waals surface area contributed by atoms with Crippen LogP contribution in [0.15, 0.2) is 53.7 Å². The Hall–Kier alpha value is -2.64. The highest BCUT2D eigenvalue weighted by Gasteiger charge is 2.11. The summed E-state index contributed by atoms with van der Waals surface area (Å²) in [4.78, 5) is 19.7. The van der Waals surface area contributed by atoms with E-state index in [0.717, 1.165) is 22.0 Å². The number of rotatable bonds is 5. The standard InChI is InChI=1S/C18H14ClN5OS/c19-13-7-3-1-5-11(13)9-20-15(25)10-26-18-22-17-16(23-24-18)12-6-2-4-8-14(12)21-17/h1-8H,9-10H2,(H,20,25)(H,21,22,24). The number of thioether (sulfide) groups is 1. The lowest BCUT2D eigenvalue weighted by atomic mass is 10.2. The van der Waals surface area contributed by atoms with Gasteiger partial charge in [-0.2, -0.15) is 0 Å². The van der Waals surface area contributed by atoms with Gasteiger partial charge < -0.3 is 10.3 Å². The van der Waals surface area contributed by atoms with E-state index in [4.69, 9.17) is 11.6 Å². The molecule has 0 unspecified atom stereocenters. The lowest BCUT2D eigenvalue weighted by Gasteiger charge is -2.06. The van der Waals surface area contributed by atoms with Crippen LogP contribution in [0, 0.1) is 0 Å². The highest BCUT2D eigenvalue weighted by molar-refractivity contribution is 7.99. The second-order valence-corrected chi connectivity index (χ2v) is 6.97. The lowest BCUT2D eigenvalue weighted by Crippen LogP contribution is -2.24. The summed E-state index contributed by atoms with van der Waals surface area (Å²) in [5, 5.41) is 13.3. The first-order valence-corrected chi connectivity index (χ1v) is 9.31. The number of amides is 1. The minimum absolute atomic E-state index is 0.115. The van der Waals surface area contributed by atoms with Gasteiger partial charge in [-0.05, 0) is 17.7 Å². The summed E-state index contributed by atoms with van der Waals surface area (Å²) in [5.41, 5.74) is 3.24. The highest BCUT2D eigenvalue weighted by atomic mass is 35.5. The molecule has 0 aliphatic heterocycles. The van der Waals surface area contributed by atoms with Gasteiger partial charge in [0.1, 0.15) is 5.52 Å². The molecule has 8 heteroatoms. The van der Waals surface area contributed by atoms with Gasteiger partial charge in [0, 0.05) is 22.5 Å². The van der Waals surface area contributed by atoms with Crippen LogP contribution in [-0.2, 0) is 11.3 Å². The van der Waals surface area contributed by atoms with E-state index in [-0.39, 0.29) is 11.7 Å². The summed E-state index contributed by atoms with van der Waals surface area (Å²) < 4.78 is 0. The zero-order valence-corrected chi connectivity index (χ0v) is 15.1. The monoisotopic (exact) mass is 383 g/mol. The van der Waals surface area contributed by atoms with Gasteiger partial charge in [-0.3, -0.25) is 4.79 Å². The maximum absolute atomic E-state index is 12.0. The third-order valence-electron chi connectivity index (χ3n) is 3.87. The molecule has 1 amide bonds. The summed E-state index contributed by atoms with van der Waals surface area (Å²) in [6, 6.07) is 15.3. The SMILES string of the molecule is O=C(CSc1nnc2c(n1)[nH]c1ccccc12)NCc1ccccc1Cl. The van der Waals surface area contributed by atoms with Crippen LogP contribution in [0.2, 0.25) is 5.02 Å². The Labute approximate surface area is 158 Å². The van der Waals surface area contributed by atoms with E-state index in [0.29, 0.717) is 22.4 Å². The first kappa shape index (κ1) is 16.8. The lowest BCUT2D eigenvalue weighted by molar-refractivity contribution is -0.118. The number of para-hydroxylation sites is 1. The average molecular weight is 384 g/mol. The van der Waals surface area contributed by atoms with Crippen LogP contribution < -0.4 is 5.32 Å². The molecule has 0 aliphatic carbocycles. The number of aromatic amines is 1. The molecule has 0 radical (unpaired) electrons. The first-order chi connectivity index (χ1) is 12.7. The van der Waals surface area contributed by atoms with E-state index in [1.807, 2.05) is 42.5 Å². The molecule has 0 fully saturated rings. The first-order valence-electron chi connectivity index (χ1n) is 7.95. The number of halogens is 1.